The fourth-order valence-corrected chi connectivity index (χ4v) is 1.42. The number of nitrogens with one attached hydrogen (secondary N) is 1. The van der Waals surface area contributed by atoms with Crippen molar-refractivity contribution < 1.29 is 23.8 Å². The first-order chi connectivity index (χ1) is 9.65. The van der Waals surface area contributed by atoms with E-state index in [1.165, 1.54) is 7.11 Å². The van der Waals surface area contributed by atoms with Gasteiger partial charge in [0, 0.05) is 19.2 Å². The fourth-order valence-electron chi connectivity index (χ4n) is 1.42. The van der Waals surface area contributed by atoms with Crippen molar-refractivity contribution >= 4 is 17.6 Å². The molecule has 0 spiro atoms. The van der Waals surface area contributed by atoms with Gasteiger partial charge in [-0.05, 0) is 24.3 Å². The number of hydrogen-bond donors (Lipinski definition) is 1. The van der Waals surface area contributed by atoms with Crippen LogP contribution in [-0.4, -0.2) is 39.3 Å². The van der Waals surface area contributed by atoms with E-state index in [9.17, 15) is 9.59 Å². The lowest BCUT2D eigenvalue weighted by atomic mass is 10.2. The van der Waals surface area contributed by atoms with Crippen LogP contribution in [0.1, 0.15) is 12.8 Å². The van der Waals surface area contributed by atoms with E-state index in [0.717, 1.165) is 0 Å². The van der Waals surface area contributed by atoms with Gasteiger partial charge < -0.3 is 19.5 Å². The number of ether oxygens (including phenoxy) is 3. The third-order valence-electron chi connectivity index (χ3n) is 2.48. The summed E-state index contributed by atoms with van der Waals surface area (Å²) in [6.07, 6.45) is 0.166. The molecule has 110 valence electrons. The molecule has 20 heavy (non-hydrogen) atoms. The minimum absolute atomic E-state index is 0.0700. The number of esters is 1. The Labute approximate surface area is 118 Å². The highest BCUT2D eigenvalue weighted by Crippen LogP contribution is 2.15. The number of amides is 1. The van der Waals surface area contributed by atoms with Crippen molar-refractivity contribution in [3.8, 4) is 5.75 Å². The summed E-state index contributed by atoms with van der Waals surface area (Å²) >= 11 is 0. The zero-order chi connectivity index (χ0) is 14.8. The van der Waals surface area contributed by atoms with E-state index >= 15 is 0 Å². The van der Waals surface area contributed by atoms with E-state index < -0.39 is 5.97 Å². The number of carbonyl (C=O) groups is 2. The Hall–Kier alpha value is -2.08. The summed E-state index contributed by atoms with van der Waals surface area (Å²) in [5, 5.41) is 2.69. The second-order valence-corrected chi connectivity index (χ2v) is 3.99. The lowest BCUT2D eigenvalue weighted by molar-refractivity contribution is -0.141. The van der Waals surface area contributed by atoms with Gasteiger partial charge in [0.25, 0.3) is 0 Å². The molecule has 0 aliphatic rings. The molecule has 1 aromatic rings. The van der Waals surface area contributed by atoms with Gasteiger partial charge >= 0.3 is 5.97 Å². The Balaban J connectivity index is 2.36. The summed E-state index contributed by atoms with van der Waals surface area (Å²) in [6.45, 7) is 0.993. The van der Waals surface area contributed by atoms with Gasteiger partial charge in [-0.1, -0.05) is 0 Å². The van der Waals surface area contributed by atoms with Crippen LogP contribution in [-0.2, 0) is 19.1 Å². The van der Waals surface area contributed by atoms with Crippen LogP contribution < -0.4 is 10.1 Å². The average Bonchev–Trinajstić information content (AvgIpc) is 2.47. The molecule has 0 unspecified atom stereocenters. The molecule has 0 bridgehead atoms. The second kappa shape index (κ2) is 8.92. The van der Waals surface area contributed by atoms with Crippen molar-refractivity contribution in [2.75, 3.05) is 32.8 Å². The molecule has 0 aliphatic carbocycles. The van der Waals surface area contributed by atoms with Gasteiger partial charge in [0.15, 0.2) is 0 Å². The van der Waals surface area contributed by atoms with E-state index in [4.69, 9.17) is 9.47 Å². The SMILES string of the molecule is COCCOc1ccc(NC(=O)CCC(=O)OC)cc1. The third kappa shape index (κ3) is 6.19. The predicted octanol–water partition coefficient (Wildman–Crippen LogP) is 1.60. The highest BCUT2D eigenvalue weighted by Gasteiger charge is 2.07. The van der Waals surface area contributed by atoms with Gasteiger partial charge in [-0.2, -0.15) is 0 Å². The molecular weight excluding hydrogens is 262 g/mol. The third-order valence-corrected chi connectivity index (χ3v) is 2.48. The van der Waals surface area contributed by atoms with Crippen molar-refractivity contribution in [1.29, 1.82) is 0 Å². The van der Waals surface area contributed by atoms with Gasteiger partial charge in [0.05, 0.1) is 20.1 Å². The summed E-state index contributed by atoms with van der Waals surface area (Å²) in [4.78, 5) is 22.5. The minimum Gasteiger partial charge on any atom is -0.491 e. The van der Waals surface area contributed by atoms with Crippen LogP contribution >= 0.6 is 0 Å². The Morgan fingerprint density at radius 3 is 2.35 bits per heavy atom. The highest BCUT2D eigenvalue weighted by molar-refractivity contribution is 5.92. The zero-order valence-electron chi connectivity index (χ0n) is 11.7. The van der Waals surface area contributed by atoms with Crippen molar-refractivity contribution in [3.05, 3.63) is 24.3 Å². The standard InChI is InChI=1S/C14H19NO5/c1-18-9-10-20-12-5-3-11(4-6-12)15-13(16)7-8-14(17)19-2/h3-6H,7-10H2,1-2H3,(H,15,16). The number of carbonyl (C=O) groups excluding carboxylic acids is 2. The summed E-state index contributed by atoms with van der Waals surface area (Å²) in [7, 11) is 2.90. The van der Waals surface area contributed by atoms with Gasteiger partial charge in [-0.25, -0.2) is 0 Å². The van der Waals surface area contributed by atoms with Crippen LogP contribution in [0.15, 0.2) is 24.3 Å². The normalized spacial score (nSPS) is 9.90. The first kappa shape index (κ1) is 16.0. The molecule has 0 saturated heterocycles. The maximum absolute atomic E-state index is 11.6. The molecule has 1 aromatic carbocycles. The molecule has 0 aliphatic heterocycles. The predicted molar refractivity (Wildman–Crippen MR) is 73.7 cm³/mol. The monoisotopic (exact) mass is 281 g/mol. The van der Waals surface area contributed by atoms with Crippen LogP contribution in [0.4, 0.5) is 5.69 Å². The molecule has 6 heteroatoms. The Kier molecular flexibility index (Phi) is 7.13. The van der Waals surface area contributed by atoms with Crippen LogP contribution in [0.3, 0.4) is 0 Å². The lowest BCUT2D eigenvalue weighted by Crippen LogP contribution is -2.13. The summed E-state index contributed by atoms with van der Waals surface area (Å²) < 4.78 is 14.7. The number of anilines is 1. The van der Waals surface area contributed by atoms with Gasteiger partial charge in [0.2, 0.25) is 5.91 Å². The van der Waals surface area contributed by atoms with E-state index in [1.54, 1.807) is 31.4 Å². The first-order valence-corrected chi connectivity index (χ1v) is 6.24. The quantitative estimate of drug-likeness (QED) is 0.579. The maximum atomic E-state index is 11.6. The Morgan fingerprint density at radius 1 is 1.05 bits per heavy atom. The number of rotatable bonds is 8. The molecule has 0 aromatic heterocycles. The number of hydrogen-bond acceptors (Lipinski definition) is 5. The average molecular weight is 281 g/mol. The van der Waals surface area contributed by atoms with Crippen molar-refractivity contribution in [1.82, 2.24) is 0 Å². The molecule has 6 nitrogen and oxygen atoms in total. The topological polar surface area (TPSA) is 73.9 Å². The zero-order valence-corrected chi connectivity index (χ0v) is 11.7. The van der Waals surface area contributed by atoms with Crippen LogP contribution in [0.5, 0.6) is 5.75 Å². The first-order valence-electron chi connectivity index (χ1n) is 6.24. The largest absolute Gasteiger partial charge is 0.491 e. The Bertz CT molecular complexity index is 430. The molecule has 1 N–H and O–H groups in total. The van der Waals surface area contributed by atoms with Gasteiger partial charge in [-0.3, -0.25) is 9.59 Å². The molecule has 0 atom stereocenters. The van der Waals surface area contributed by atoms with E-state index in [-0.39, 0.29) is 18.7 Å². The van der Waals surface area contributed by atoms with Gasteiger partial charge in [0.1, 0.15) is 12.4 Å². The van der Waals surface area contributed by atoms with Crippen LogP contribution in [0, 0.1) is 0 Å². The molecular formula is C14H19NO5. The van der Waals surface area contributed by atoms with E-state index in [0.29, 0.717) is 24.7 Å². The molecule has 1 amide bonds. The van der Waals surface area contributed by atoms with Crippen LogP contribution in [0.2, 0.25) is 0 Å². The molecule has 0 saturated carbocycles. The van der Waals surface area contributed by atoms with Crippen molar-refractivity contribution in [2.24, 2.45) is 0 Å². The molecule has 0 radical (unpaired) electrons. The summed E-state index contributed by atoms with van der Waals surface area (Å²) in [6, 6.07) is 6.98. The highest BCUT2D eigenvalue weighted by atomic mass is 16.5. The maximum Gasteiger partial charge on any atom is 0.306 e. The number of benzene rings is 1. The van der Waals surface area contributed by atoms with Gasteiger partial charge in [-0.15, -0.1) is 0 Å². The van der Waals surface area contributed by atoms with E-state index in [2.05, 4.69) is 10.1 Å². The van der Waals surface area contributed by atoms with E-state index in [1.807, 2.05) is 0 Å². The molecule has 0 fully saturated rings. The fraction of sp³-hybridized carbons (Fsp3) is 0.429. The summed E-state index contributed by atoms with van der Waals surface area (Å²) in [5.41, 5.74) is 0.652. The lowest BCUT2D eigenvalue weighted by Gasteiger charge is -2.08. The van der Waals surface area contributed by atoms with Crippen molar-refractivity contribution in [2.45, 2.75) is 12.8 Å². The molecule has 0 heterocycles. The molecule has 1 rings (SSSR count). The second-order valence-electron chi connectivity index (χ2n) is 3.99. The number of methoxy groups -OCH3 is 2. The van der Waals surface area contributed by atoms with Crippen molar-refractivity contribution in [3.63, 3.8) is 0 Å². The minimum atomic E-state index is -0.401. The smallest absolute Gasteiger partial charge is 0.306 e. The Morgan fingerprint density at radius 2 is 1.75 bits per heavy atom. The van der Waals surface area contributed by atoms with Crippen LogP contribution in [0.25, 0.3) is 0 Å². The summed E-state index contributed by atoms with van der Waals surface area (Å²) in [5.74, 6) is 0.0695.